The largest absolute Gasteiger partial charge is 0.383 e. The van der Waals surface area contributed by atoms with Gasteiger partial charge in [0.25, 0.3) is 0 Å². The van der Waals surface area contributed by atoms with Crippen molar-refractivity contribution in [3.05, 3.63) is 18.0 Å². The molecule has 1 rings (SSSR count). The van der Waals surface area contributed by atoms with Gasteiger partial charge in [-0.25, -0.2) is 0 Å². The molecule has 6 heteroatoms. The summed E-state index contributed by atoms with van der Waals surface area (Å²) in [7, 11) is 1.62. The molecule has 6 nitrogen and oxygen atoms in total. The average molecular weight is 254 g/mol. The highest BCUT2D eigenvalue weighted by Gasteiger charge is 2.00. The van der Waals surface area contributed by atoms with E-state index in [4.69, 9.17) is 4.74 Å². The van der Waals surface area contributed by atoms with Crippen molar-refractivity contribution < 1.29 is 9.53 Å². The van der Waals surface area contributed by atoms with Gasteiger partial charge in [-0.05, 0) is 6.92 Å². The number of hydrogen-bond donors (Lipinski definition) is 2. The Morgan fingerprint density at radius 1 is 1.50 bits per heavy atom. The van der Waals surface area contributed by atoms with Gasteiger partial charge >= 0.3 is 0 Å². The minimum Gasteiger partial charge on any atom is -0.383 e. The molecule has 0 aliphatic carbocycles. The monoisotopic (exact) mass is 254 g/mol. The van der Waals surface area contributed by atoms with Crippen LogP contribution in [0.25, 0.3) is 0 Å². The number of nitrogens with one attached hydrogen (secondary N) is 2. The zero-order valence-electron chi connectivity index (χ0n) is 11.1. The Labute approximate surface area is 108 Å². The van der Waals surface area contributed by atoms with Crippen LogP contribution in [0, 0.1) is 0 Å². The first-order valence-corrected chi connectivity index (χ1v) is 6.24. The molecule has 0 radical (unpaired) electrons. The van der Waals surface area contributed by atoms with Gasteiger partial charge in [-0.3, -0.25) is 9.48 Å². The van der Waals surface area contributed by atoms with E-state index < -0.39 is 0 Å². The van der Waals surface area contributed by atoms with Crippen LogP contribution in [-0.4, -0.2) is 42.5 Å². The summed E-state index contributed by atoms with van der Waals surface area (Å²) in [6, 6.07) is 0. The lowest BCUT2D eigenvalue weighted by molar-refractivity contribution is -0.121. The smallest absolute Gasteiger partial charge is 0.221 e. The maximum absolute atomic E-state index is 11.4. The number of methoxy groups -OCH3 is 1. The number of rotatable bonds is 9. The van der Waals surface area contributed by atoms with Crippen LogP contribution in [0.1, 0.15) is 18.9 Å². The molecule has 2 N–H and O–H groups in total. The summed E-state index contributed by atoms with van der Waals surface area (Å²) in [5.74, 6) is 0.0452. The van der Waals surface area contributed by atoms with E-state index in [1.54, 1.807) is 7.11 Å². The average Bonchev–Trinajstić information content (AvgIpc) is 2.83. The molecule has 1 aromatic heterocycles. The van der Waals surface area contributed by atoms with Crippen molar-refractivity contribution in [3.63, 3.8) is 0 Å². The molecule has 1 heterocycles. The van der Waals surface area contributed by atoms with E-state index in [9.17, 15) is 4.79 Å². The van der Waals surface area contributed by atoms with Gasteiger partial charge < -0.3 is 15.4 Å². The van der Waals surface area contributed by atoms with E-state index in [1.807, 2.05) is 17.1 Å². The highest BCUT2D eigenvalue weighted by atomic mass is 16.5. The number of nitrogens with zero attached hydrogens (tertiary/aromatic N) is 2. The van der Waals surface area contributed by atoms with E-state index in [0.29, 0.717) is 26.1 Å². The molecule has 0 atom stereocenters. The number of carbonyl (C=O) groups is 1. The van der Waals surface area contributed by atoms with E-state index in [-0.39, 0.29) is 5.91 Å². The molecule has 1 amide bonds. The summed E-state index contributed by atoms with van der Waals surface area (Å²) in [5, 5.41) is 10.2. The Morgan fingerprint density at radius 3 is 3.00 bits per heavy atom. The Kier molecular flexibility index (Phi) is 7.05. The lowest BCUT2D eigenvalue weighted by Gasteiger charge is -2.05. The van der Waals surface area contributed by atoms with Crippen LogP contribution in [0.15, 0.2) is 12.4 Å². The van der Waals surface area contributed by atoms with Gasteiger partial charge in [0.2, 0.25) is 5.91 Å². The first kappa shape index (κ1) is 14.7. The number of carbonyl (C=O) groups excluding carboxylic acids is 1. The Morgan fingerprint density at radius 2 is 2.33 bits per heavy atom. The molecular weight excluding hydrogens is 232 g/mol. The van der Waals surface area contributed by atoms with Gasteiger partial charge in [0.05, 0.1) is 12.8 Å². The molecule has 0 aliphatic rings. The summed E-state index contributed by atoms with van der Waals surface area (Å²) in [4.78, 5) is 11.4. The molecule has 0 spiro atoms. The van der Waals surface area contributed by atoms with Crippen molar-refractivity contribution in [2.24, 2.45) is 0 Å². The van der Waals surface area contributed by atoms with Gasteiger partial charge in [0.15, 0.2) is 0 Å². The molecule has 0 fully saturated rings. The topological polar surface area (TPSA) is 68.2 Å². The normalized spacial score (nSPS) is 10.6. The molecule has 0 aromatic carbocycles. The van der Waals surface area contributed by atoms with Gasteiger partial charge in [-0.2, -0.15) is 5.10 Å². The number of ether oxygens (including phenoxy) is 1. The third-order valence-electron chi connectivity index (χ3n) is 2.50. The van der Waals surface area contributed by atoms with E-state index in [0.717, 1.165) is 18.7 Å². The lowest BCUT2D eigenvalue weighted by atomic mass is 10.3. The fourth-order valence-electron chi connectivity index (χ4n) is 1.49. The second kappa shape index (κ2) is 8.66. The quantitative estimate of drug-likeness (QED) is 0.615. The van der Waals surface area contributed by atoms with Gasteiger partial charge in [0.1, 0.15) is 0 Å². The fraction of sp³-hybridized carbons (Fsp3) is 0.667. The summed E-state index contributed by atoms with van der Waals surface area (Å²) < 4.78 is 6.73. The van der Waals surface area contributed by atoms with Crippen molar-refractivity contribution >= 4 is 5.91 Å². The maximum Gasteiger partial charge on any atom is 0.221 e. The summed E-state index contributed by atoms with van der Waals surface area (Å²) >= 11 is 0. The second-order valence-corrected chi connectivity index (χ2v) is 3.97. The fourth-order valence-corrected chi connectivity index (χ4v) is 1.49. The van der Waals surface area contributed by atoms with Crippen LogP contribution >= 0.6 is 0 Å². The third-order valence-corrected chi connectivity index (χ3v) is 2.50. The predicted molar refractivity (Wildman–Crippen MR) is 69.1 cm³/mol. The van der Waals surface area contributed by atoms with E-state index >= 15 is 0 Å². The Hall–Kier alpha value is -1.40. The van der Waals surface area contributed by atoms with Gasteiger partial charge in [-0.1, -0.05) is 0 Å². The van der Waals surface area contributed by atoms with Crippen molar-refractivity contribution in [1.29, 1.82) is 0 Å². The molecular formula is C12H22N4O2. The van der Waals surface area contributed by atoms with Crippen LogP contribution in [0.3, 0.4) is 0 Å². The maximum atomic E-state index is 11.4. The molecule has 0 bridgehead atoms. The van der Waals surface area contributed by atoms with Crippen LogP contribution in [0.5, 0.6) is 0 Å². The molecule has 102 valence electrons. The van der Waals surface area contributed by atoms with Crippen LogP contribution < -0.4 is 10.6 Å². The van der Waals surface area contributed by atoms with Gasteiger partial charge in [-0.15, -0.1) is 0 Å². The van der Waals surface area contributed by atoms with Gasteiger partial charge in [0, 0.05) is 51.5 Å². The Balaban J connectivity index is 2.05. The molecule has 0 saturated carbocycles. The zero-order chi connectivity index (χ0) is 13.2. The van der Waals surface area contributed by atoms with Crippen molar-refractivity contribution in [2.75, 3.05) is 26.8 Å². The SMILES string of the molecule is CCn1cc(CNCCC(=O)NCCOC)cn1. The predicted octanol–water partition coefficient (Wildman–Crippen LogP) is 0.145. The summed E-state index contributed by atoms with van der Waals surface area (Å²) in [6.45, 7) is 5.45. The first-order valence-electron chi connectivity index (χ1n) is 6.24. The minimum absolute atomic E-state index is 0.0452. The number of aryl methyl sites for hydroxylation is 1. The molecule has 0 aliphatic heterocycles. The Bertz CT molecular complexity index is 352. The van der Waals surface area contributed by atoms with Crippen LogP contribution in [-0.2, 0) is 22.6 Å². The standard InChI is InChI=1S/C12H22N4O2/c1-3-16-10-11(9-15-16)8-13-5-4-12(17)14-6-7-18-2/h9-10,13H,3-8H2,1-2H3,(H,14,17). The molecule has 18 heavy (non-hydrogen) atoms. The molecule has 0 saturated heterocycles. The van der Waals surface area contributed by atoms with E-state index in [1.165, 1.54) is 0 Å². The number of hydrogen-bond acceptors (Lipinski definition) is 4. The molecule has 0 unspecified atom stereocenters. The highest BCUT2D eigenvalue weighted by Crippen LogP contribution is 1.96. The lowest BCUT2D eigenvalue weighted by Crippen LogP contribution is -2.29. The van der Waals surface area contributed by atoms with Crippen LogP contribution in [0.4, 0.5) is 0 Å². The minimum atomic E-state index is 0.0452. The number of amides is 1. The first-order chi connectivity index (χ1) is 8.76. The number of aromatic nitrogens is 2. The highest BCUT2D eigenvalue weighted by molar-refractivity contribution is 5.75. The van der Waals surface area contributed by atoms with Crippen molar-refractivity contribution in [2.45, 2.75) is 26.4 Å². The summed E-state index contributed by atoms with van der Waals surface area (Å²) in [6.07, 6.45) is 4.33. The molecule has 1 aromatic rings. The van der Waals surface area contributed by atoms with Crippen molar-refractivity contribution in [3.8, 4) is 0 Å². The van der Waals surface area contributed by atoms with E-state index in [2.05, 4.69) is 22.7 Å². The van der Waals surface area contributed by atoms with Crippen LogP contribution in [0.2, 0.25) is 0 Å². The second-order valence-electron chi connectivity index (χ2n) is 3.97. The third kappa shape index (κ3) is 5.79. The van der Waals surface area contributed by atoms with Crippen molar-refractivity contribution in [1.82, 2.24) is 20.4 Å². The zero-order valence-corrected chi connectivity index (χ0v) is 11.1. The summed E-state index contributed by atoms with van der Waals surface area (Å²) in [5.41, 5.74) is 1.14.